The van der Waals surface area contributed by atoms with E-state index in [2.05, 4.69) is 21.2 Å². The van der Waals surface area contributed by atoms with Gasteiger partial charge in [0.05, 0.1) is 7.11 Å². The fraction of sp³-hybridized carbons (Fsp3) is 0.120. The number of hydrogen-bond donors (Lipinski definition) is 1. The maximum atomic E-state index is 12.6. The van der Waals surface area contributed by atoms with Crippen LogP contribution in [-0.2, 0) is 11.4 Å². The molecule has 0 fully saturated rings. The van der Waals surface area contributed by atoms with Gasteiger partial charge in [-0.2, -0.15) is 5.26 Å². The van der Waals surface area contributed by atoms with Crippen LogP contribution >= 0.6 is 15.9 Å². The van der Waals surface area contributed by atoms with Gasteiger partial charge >= 0.3 is 0 Å². The van der Waals surface area contributed by atoms with Gasteiger partial charge < -0.3 is 14.8 Å². The van der Waals surface area contributed by atoms with Crippen LogP contribution in [0.3, 0.4) is 0 Å². The smallest absolute Gasteiger partial charge is 0.266 e. The Morgan fingerprint density at radius 2 is 1.81 bits per heavy atom. The molecule has 0 bridgehead atoms. The zero-order valence-electron chi connectivity index (χ0n) is 17.2. The quantitative estimate of drug-likeness (QED) is 0.340. The molecule has 3 aromatic carbocycles. The van der Waals surface area contributed by atoms with E-state index in [0.29, 0.717) is 33.8 Å². The molecule has 0 aliphatic rings. The van der Waals surface area contributed by atoms with Crippen LogP contribution in [-0.4, -0.2) is 13.0 Å². The third-order valence-electron chi connectivity index (χ3n) is 4.49. The number of nitrogens with one attached hydrogen (secondary N) is 1. The first-order chi connectivity index (χ1) is 15.0. The van der Waals surface area contributed by atoms with Gasteiger partial charge in [0.1, 0.15) is 18.2 Å². The van der Waals surface area contributed by atoms with Crippen LogP contribution in [0, 0.1) is 18.3 Å². The number of nitrogens with zero attached hydrogens (tertiary/aromatic N) is 1. The third-order valence-corrected chi connectivity index (χ3v) is 5.18. The number of carbonyl (C=O) groups excluding carboxylic acids is 1. The first-order valence-electron chi connectivity index (χ1n) is 9.54. The van der Waals surface area contributed by atoms with Crippen LogP contribution in [0.5, 0.6) is 11.5 Å². The van der Waals surface area contributed by atoms with Crippen LogP contribution in [0.25, 0.3) is 6.08 Å². The fourth-order valence-electron chi connectivity index (χ4n) is 2.81. The van der Waals surface area contributed by atoms with Crippen molar-refractivity contribution in [2.45, 2.75) is 13.5 Å². The summed E-state index contributed by atoms with van der Waals surface area (Å²) >= 11 is 3.50. The molecular weight excluding hydrogens is 456 g/mol. The van der Waals surface area contributed by atoms with Crippen molar-refractivity contribution < 1.29 is 14.3 Å². The normalized spacial score (nSPS) is 10.8. The third kappa shape index (κ3) is 5.97. The average molecular weight is 477 g/mol. The highest BCUT2D eigenvalue weighted by Crippen LogP contribution is 2.35. The summed E-state index contributed by atoms with van der Waals surface area (Å²) in [6.07, 6.45) is 1.51. The minimum atomic E-state index is -0.485. The van der Waals surface area contributed by atoms with E-state index in [4.69, 9.17) is 9.47 Å². The lowest BCUT2D eigenvalue weighted by Crippen LogP contribution is -2.13. The molecule has 156 valence electrons. The number of hydrogen-bond acceptors (Lipinski definition) is 4. The van der Waals surface area contributed by atoms with Gasteiger partial charge in [-0.1, -0.05) is 64.0 Å². The molecule has 3 rings (SSSR count). The predicted molar refractivity (Wildman–Crippen MR) is 125 cm³/mol. The fourth-order valence-corrected chi connectivity index (χ4v) is 3.25. The molecule has 1 amide bonds. The maximum Gasteiger partial charge on any atom is 0.266 e. The van der Waals surface area contributed by atoms with Crippen molar-refractivity contribution in [3.05, 3.63) is 93.5 Å². The lowest BCUT2D eigenvalue weighted by atomic mass is 10.1. The molecule has 0 radical (unpaired) electrons. The van der Waals surface area contributed by atoms with Crippen molar-refractivity contribution in [3.8, 4) is 17.6 Å². The molecule has 0 aromatic heterocycles. The second-order valence-electron chi connectivity index (χ2n) is 6.79. The highest BCUT2D eigenvalue weighted by molar-refractivity contribution is 9.10. The Kier molecular flexibility index (Phi) is 7.47. The summed E-state index contributed by atoms with van der Waals surface area (Å²) in [5.74, 6) is 0.571. The maximum absolute atomic E-state index is 12.6. The summed E-state index contributed by atoms with van der Waals surface area (Å²) < 4.78 is 12.0. The Morgan fingerprint density at radius 3 is 2.45 bits per heavy atom. The molecule has 0 aliphatic carbocycles. The van der Waals surface area contributed by atoms with Crippen LogP contribution in [0.15, 0.2) is 76.8 Å². The summed E-state index contributed by atoms with van der Waals surface area (Å²) in [7, 11) is 1.54. The topological polar surface area (TPSA) is 71.3 Å². The van der Waals surface area contributed by atoms with Crippen molar-refractivity contribution in [2.75, 3.05) is 12.4 Å². The largest absolute Gasteiger partial charge is 0.493 e. The number of halogens is 1. The first kappa shape index (κ1) is 22.1. The molecule has 0 saturated carbocycles. The zero-order chi connectivity index (χ0) is 22.2. The molecule has 0 heterocycles. The monoisotopic (exact) mass is 476 g/mol. The Morgan fingerprint density at radius 1 is 1.10 bits per heavy atom. The molecule has 0 unspecified atom stereocenters. The lowest BCUT2D eigenvalue weighted by molar-refractivity contribution is -0.112. The van der Waals surface area contributed by atoms with Gasteiger partial charge in [0, 0.05) is 10.2 Å². The SMILES string of the molecule is COc1cc(/C=C(\C#N)C(=O)Nc2ccc(C)cc2)c(Br)cc1OCc1ccccc1. The number of benzene rings is 3. The molecule has 1 N–H and O–H groups in total. The minimum Gasteiger partial charge on any atom is -0.493 e. The Balaban J connectivity index is 1.81. The van der Waals surface area contributed by atoms with Gasteiger partial charge in [-0.25, -0.2) is 0 Å². The summed E-state index contributed by atoms with van der Waals surface area (Å²) in [4.78, 5) is 12.6. The minimum absolute atomic E-state index is 0.0266. The van der Waals surface area contributed by atoms with E-state index in [0.717, 1.165) is 11.1 Å². The van der Waals surface area contributed by atoms with Crippen molar-refractivity contribution in [1.82, 2.24) is 0 Å². The highest BCUT2D eigenvalue weighted by Gasteiger charge is 2.14. The lowest BCUT2D eigenvalue weighted by Gasteiger charge is -2.13. The molecule has 0 saturated heterocycles. The van der Waals surface area contributed by atoms with Gasteiger partial charge in [-0.3, -0.25) is 4.79 Å². The van der Waals surface area contributed by atoms with Crippen molar-refractivity contribution in [2.24, 2.45) is 0 Å². The molecule has 0 spiro atoms. The van der Waals surface area contributed by atoms with E-state index >= 15 is 0 Å². The number of rotatable bonds is 7. The van der Waals surface area contributed by atoms with Gasteiger partial charge in [0.25, 0.3) is 5.91 Å². The van der Waals surface area contributed by atoms with E-state index in [1.807, 2.05) is 55.5 Å². The van der Waals surface area contributed by atoms with Gasteiger partial charge in [0.2, 0.25) is 0 Å². The van der Waals surface area contributed by atoms with Gasteiger partial charge in [0.15, 0.2) is 11.5 Å². The highest BCUT2D eigenvalue weighted by atomic mass is 79.9. The van der Waals surface area contributed by atoms with Crippen molar-refractivity contribution in [1.29, 1.82) is 5.26 Å². The molecule has 31 heavy (non-hydrogen) atoms. The Bertz CT molecular complexity index is 1130. The molecule has 3 aromatic rings. The molecule has 0 atom stereocenters. The summed E-state index contributed by atoms with van der Waals surface area (Å²) in [6.45, 7) is 2.35. The number of carbonyl (C=O) groups is 1. The number of anilines is 1. The second kappa shape index (κ2) is 10.5. The van der Waals surface area contributed by atoms with Gasteiger partial charge in [-0.15, -0.1) is 0 Å². The van der Waals surface area contributed by atoms with Crippen LogP contribution in [0.2, 0.25) is 0 Å². The van der Waals surface area contributed by atoms with E-state index in [1.165, 1.54) is 6.08 Å². The number of nitriles is 1. The Hall–Kier alpha value is -3.56. The van der Waals surface area contributed by atoms with Crippen LogP contribution < -0.4 is 14.8 Å². The first-order valence-corrected chi connectivity index (χ1v) is 10.3. The molecule has 0 aliphatic heterocycles. The average Bonchev–Trinajstić information content (AvgIpc) is 2.79. The molecule has 6 heteroatoms. The van der Waals surface area contributed by atoms with Crippen LogP contribution in [0.1, 0.15) is 16.7 Å². The Labute approximate surface area is 190 Å². The zero-order valence-corrected chi connectivity index (χ0v) is 18.8. The van der Waals surface area contributed by atoms with E-state index in [-0.39, 0.29) is 5.57 Å². The molecular formula is C25H21BrN2O3. The summed E-state index contributed by atoms with van der Waals surface area (Å²) in [6, 6.07) is 22.6. The van der Waals surface area contributed by atoms with Crippen LogP contribution in [0.4, 0.5) is 5.69 Å². The number of aryl methyl sites for hydroxylation is 1. The second-order valence-corrected chi connectivity index (χ2v) is 7.64. The van der Waals surface area contributed by atoms with E-state index in [1.54, 1.807) is 31.4 Å². The molecule has 5 nitrogen and oxygen atoms in total. The summed E-state index contributed by atoms with van der Waals surface area (Å²) in [5.41, 5.74) is 3.34. The number of methoxy groups -OCH3 is 1. The van der Waals surface area contributed by atoms with E-state index < -0.39 is 5.91 Å². The van der Waals surface area contributed by atoms with Crippen molar-refractivity contribution in [3.63, 3.8) is 0 Å². The standard InChI is InChI=1S/C25H21BrN2O3/c1-17-8-10-21(11-9-17)28-25(29)20(15-27)12-19-13-23(30-2)24(14-22(19)26)31-16-18-6-4-3-5-7-18/h3-14H,16H2,1-2H3,(H,28,29)/b20-12+. The van der Waals surface area contributed by atoms with Crippen molar-refractivity contribution >= 4 is 33.6 Å². The predicted octanol–water partition coefficient (Wildman–Crippen LogP) is 5.89. The van der Waals surface area contributed by atoms with Gasteiger partial charge in [-0.05, 0) is 48.4 Å². The van der Waals surface area contributed by atoms with E-state index in [9.17, 15) is 10.1 Å². The summed E-state index contributed by atoms with van der Waals surface area (Å²) in [5, 5.41) is 12.2. The number of ether oxygens (including phenoxy) is 2. The number of amides is 1.